The van der Waals surface area contributed by atoms with E-state index < -0.39 is 34.4 Å². The Hall–Kier alpha value is -5.04. The number of fused-ring (bicyclic) bond motifs is 1. The van der Waals surface area contributed by atoms with Crippen LogP contribution < -0.4 is 14.4 Å². The van der Waals surface area contributed by atoms with Crippen LogP contribution in [0, 0.1) is 17.0 Å². The van der Waals surface area contributed by atoms with Crippen molar-refractivity contribution in [1.29, 1.82) is 0 Å². The van der Waals surface area contributed by atoms with Crippen LogP contribution in [0.5, 0.6) is 11.5 Å². The lowest BCUT2D eigenvalue weighted by atomic mass is 9.95. The molecule has 1 atom stereocenters. The van der Waals surface area contributed by atoms with E-state index in [1.54, 1.807) is 13.0 Å². The molecule has 13 heteroatoms. The van der Waals surface area contributed by atoms with Gasteiger partial charge in [0.15, 0.2) is 16.6 Å². The Morgan fingerprint density at radius 1 is 1.25 bits per heavy atom. The van der Waals surface area contributed by atoms with Gasteiger partial charge in [-0.15, -0.1) is 0 Å². The van der Waals surface area contributed by atoms with E-state index in [0.717, 1.165) is 16.2 Å². The summed E-state index contributed by atoms with van der Waals surface area (Å²) in [5.74, 6) is -2.49. The number of aryl methyl sites for hydroxylation is 1. The number of nitro benzene ring substituents is 1. The van der Waals surface area contributed by atoms with E-state index in [-0.39, 0.29) is 51.3 Å². The lowest BCUT2D eigenvalue weighted by molar-refractivity contribution is -0.384. The van der Waals surface area contributed by atoms with Crippen LogP contribution in [0.15, 0.2) is 60.7 Å². The van der Waals surface area contributed by atoms with E-state index in [0.29, 0.717) is 18.1 Å². The van der Waals surface area contributed by atoms with E-state index in [2.05, 4.69) is 11.6 Å². The molecule has 3 heterocycles. The van der Waals surface area contributed by atoms with Gasteiger partial charge in [0.25, 0.3) is 11.5 Å². The molecule has 0 radical (unpaired) electrons. The number of non-ortho nitro benzene ring substituents is 1. The Kier molecular flexibility index (Phi) is 7.05. The summed E-state index contributed by atoms with van der Waals surface area (Å²) in [5.41, 5.74) is -0.00402. The highest BCUT2D eigenvalue weighted by molar-refractivity contribution is 7.17. The predicted octanol–water partition coefficient (Wildman–Crippen LogP) is 4.10. The second-order valence-corrected chi connectivity index (χ2v) is 9.66. The van der Waals surface area contributed by atoms with Gasteiger partial charge >= 0.3 is 11.9 Å². The van der Waals surface area contributed by atoms with Crippen LogP contribution in [0.25, 0.3) is 5.76 Å². The standard InChI is InChI=1S/C27H21N3O9S/c1-3-9-39-26(34)24-14(2)28-27(40-24)29-21(15-5-4-6-17(12-15)30(35)36)20(23(32)25(29)33)22(31)16-7-8-18-19(13-16)38-11-10-37-18/h3-8,12-13,21,31H,1,9-11H2,2H3. The van der Waals surface area contributed by atoms with Crippen LogP contribution in [0.1, 0.15) is 32.5 Å². The number of Topliss-reactive ketones (excluding diaryl/α,β-unsaturated/α-hetero) is 1. The molecule has 12 nitrogen and oxygen atoms in total. The van der Waals surface area contributed by atoms with Gasteiger partial charge in [0.2, 0.25) is 0 Å². The largest absolute Gasteiger partial charge is 0.507 e. The summed E-state index contributed by atoms with van der Waals surface area (Å²) >= 11 is 0.816. The molecular weight excluding hydrogens is 542 g/mol. The first-order chi connectivity index (χ1) is 19.2. The van der Waals surface area contributed by atoms with E-state index in [4.69, 9.17) is 14.2 Å². The molecule has 1 saturated heterocycles. The maximum Gasteiger partial charge on any atom is 0.350 e. The molecule has 2 aliphatic rings. The van der Waals surface area contributed by atoms with Crippen LogP contribution in [-0.2, 0) is 14.3 Å². The van der Waals surface area contributed by atoms with Gasteiger partial charge in [0, 0.05) is 17.7 Å². The van der Waals surface area contributed by atoms with Gasteiger partial charge in [-0.2, -0.15) is 0 Å². The van der Waals surface area contributed by atoms with Crippen LogP contribution in [-0.4, -0.2) is 52.5 Å². The normalized spacial score (nSPS) is 17.5. The molecule has 40 heavy (non-hydrogen) atoms. The predicted molar refractivity (Wildman–Crippen MR) is 143 cm³/mol. The van der Waals surface area contributed by atoms with Crippen molar-refractivity contribution in [2.24, 2.45) is 0 Å². The molecule has 1 unspecified atom stereocenters. The van der Waals surface area contributed by atoms with Crippen molar-refractivity contribution < 1.29 is 38.6 Å². The molecule has 0 bridgehead atoms. The van der Waals surface area contributed by atoms with Gasteiger partial charge in [0.05, 0.1) is 22.2 Å². The number of ketones is 1. The minimum absolute atomic E-state index is 0.0251. The van der Waals surface area contributed by atoms with Crippen molar-refractivity contribution in [3.05, 3.63) is 92.5 Å². The number of aliphatic hydroxyl groups is 1. The highest BCUT2D eigenvalue weighted by Gasteiger charge is 2.49. The van der Waals surface area contributed by atoms with Gasteiger partial charge in [0.1, 0.15) is 30.5 Å². The molecular formula is C27H21N3O9S. The van der Waals surface area contributed by atoms with E-state index >= 15 is 0 Å². The summed E-state index contributed by atoms with van der Waals surface area (Å²) in [7, 11) is 0. The quantitative estimate of drug-likeness (QED) is 0.0843. The Balaban J connectivity index is 1.68. The highest BCUT2D eigenvalue weighted by Crippen LogP contribution is 2.45. The summed E-state index contributed by atoms with van der Waals surface area (Å²) in [4.78, 5) is 55.8. The van der Waals surface area contributed by atoms with Crippen LogP contribution in [0.3, 0.4) is 0 Å². The summed E-state index contributed by atoms with van der Waals surface area (Å²) in [6.45, 7) is 5.64. The highest BCUT2D eigenvalue weighted by atomic mass is 32.1. The fourth-order valence-electron chi connectivity index (χ4n) is 4.37. The number of amides is 1. The molecule has 5 rings (SSSR count). The molecule has 0 spiro atoms. The van der Waals surface area contributed by atoms with Crippen LogP contribution >= 0.6 is 11.3 Å². The second kappa shape index (κ2) is 10.6. The van der Waals surface area contributed by atoms with Gasteiger partial charge in [-0.05, 0) is 30.7 Å². The molecule has 2 aromatic carbocycles. The number of benzene rings is 2. The zero-order valence-corrected chi connectivity index (χ0v) is 21.8. The number of aromatic nitrogens is 1. The van der Waals surface area contributed by atoms with Gasteiger partial charge in [-0.25, -0.2) is 9.78 Å². The number of esters is 1. The zero-order valence-electron chi connectivity index (χ0n) is 21.0. The number of carbonyl (C=O) groups is 3. The molecule has 1 amide bonds. The van der Waals surface area contributed by atoms with Crippen molar-refractivity contribution in [2.45, 2.75) is 13.0 Å². The number of hydrogen-bond donors (Lipinski definition) is 1. The van der Waals surface area contributed by atoms with Gasteiger partial charge in [-0.3, -0.25) is 24.6 Å². The first-order valence-corrected chi connectivity index (χ1v) is 12.7. The number of thiazole rings is 1. The Labute approximate surface area is 230 Å². The number of carbonyl (C=O) groups excluding carboxylic acids is 3. The lowest BCUT2D eigenvalue weighted by Gasteiger charge is -2.23. The fourth-order valence-corrected chi connectivity index (χ4v) is 5.36. The number of hydrogen-bond acceptors (Lipinski definition) is 11. The number of nitro groups is 1. The first kappa shape index (κ1) is 26.6. The molecule has 204 valence electrons. The third kappa shape index (κ3) is 4.66. The number of aliphatic hydroxyl groups excluding tert-OH is 1. The number of nitrogens with zero attached hydrogens (tertiary/aromatic N) is 3. The van der Waals surface area contributed by atoms with Crippen molar-refractivity contribution in [3.63, 3.8) is 0 Å². The average Bonchev–Trinajstić information content (AvgIpc) is 3.47. The maximum absolute atomic E-state index is 13.4. The second-order valence-electron chi connectivity index (χ2n) is 8.68. The molecule has 2 aliphatic heterocycles. The lowest BCUT2D eigenvalue weighted by Crippen LogP contribution is -2.29. The minimum Gasteiger partial charge on any atom is -0.507 e. The van der Waals surface area contributed by atoms with Gasteiger partial charge in [-0.1, -0.05) is 36.1 Å². The number of rotatable bonds is 7. The summed E-state index contributed by atoms with van der Waals surface area (Å²) in [6.07, 6.45) is 1.40. The third-order valence-electron chi connectivity index (χ3n) is 6.17. The fraction of sp³-hybridized carbons (Fsp3) is 0.185. The molecule has 3 aromatic rings. The summed E-state index contributed by atoms with van der Waals surface area (Å²) in [5, 5.41) is 22.9. The molecule has 0 saturated carbocycles. The van der Waals surface area contributed by atoms with Crippen LogP contribution in [0.2, 0.25) is 0 Å². The zero-order chi connectivity index (χ0) is 28.6. The molecule has 0 aliphatic carbocycles. The van der Waals surface area contributed by atoms with Crippen LogP contribution in [0.4, 0.5) is 10.8 Å². The van der Waals surface area contributed by atoms with E-state index in [1.807, 2.05) is 0 Å². The Morgan fingerprint density at radius 3 is 2.73 bits per heavy atom. The number of ether oxygens (including phenoxy) is 3. The number of anilines is 1. The van der Waals surface area contributed by atoms with Crippen molar-refractivity contribution >= 4 is 45.6 Å². The molecule has 1 aromatic heterocycles. The van der Waals surface area contributed by atoms with Crippen molar-refractivity contribution in [1.82, 2.24) is 4.98 Å². The Bertz CT molecular complexity index is 1610. The maximum atomic E-state index is 13.4. The summed E-state index contributed by atoms with van der Waals surface area (Å²) < 4.78 is 16.2. The smallest absolute Gasteiger partial charge is 0.350 e. The van der Waals surface area contributed by atoms with Crippen molar-refractivity contribution in [2.75, 3.05) is 24.7 Å². The average molecular weight is 564 g/mol. The van der Waals surface area contributed by atoms with E-state index in [1.165, 1.54) is 42.5 Å². The SMILES string of the molecule is C=CCOC(=O)c1sc(N2C(=O)C(=O)C(=C(O)c3ccc4c(c3)OCCO4)C2c2cccc([N+](=O)[O-])c2)nc1C. The van der Waals surface area contributed by atoms with Crippen molar-refractivity contribution in [3.8, 4) is 11.5 Å². The molecule has 1 N–H and O–H groups in total. The minimum atomic E-state index is -1.30. The monoisotopic (exact) mass is 563 g/mol. The van der Waals surface area contributed by atoms with E-state index in [9.17, 15) is 29.6 Å². The molecule has 1 fully saturated rings. The summed E-state index contributed by atoms with van der Waals surface area (Å²) in [6, 6.07) is 8.61. The first-order valence-electron chi connectivity index (χ1n) is 11.9. The van der Waals surface area contributed by atoms with Gasteiger partial charge < -0.3 is 19.3 Å². The topological polar surface area (TPSA) is 158 Å². The third-order valence-corrected chi connectivity index (χ3v) is 7.30. The Morgan fingerprint density at radius 2 is 2.00 bits per heavy atom.